The number of pyridine rings is 1. The molecule has 1 fully saturated rings. The van der Waals surface area contributed by atoms with Crippen LogP contribution in [0.4, 0.5) is 5.82 Å². The smallest absolute Gasteiger partial charge is 0.236 e. The lowest BCUT2D eigenvalue weighted by Gasteiger charge is -2.38. The Labute approximate surface area is 232 Å². The summed E-state index contributed by atoms with van der Waals surface area (Å²) in [6.07, 6.45) is 5.08. The molecule has 39 heavy (non-hydrogen) atoms. The minimum absolute atomic E-state index is 0.00843. The van der Waals surface area contributed by atoms with Gasteiger partial charge >= 0.3 is 0 Å². The van der Waals surface area contributed by atoms with E-state index in [1.807, 2.05) is 28.0 Å². The van der Waals surface area contributed by atoms with Crippen molar-refractivity contribution in [2.24, 2.45) is 11.3 Å². The van der Waals surface area contributed by atoms with E-state index in [0.29, 0.717) is 56.3 Å². The molecule has 5 heterocycles. The van der Waals surface area contributed by atoms with Crippen molar-refractivity contribution in [2.75, 3.05) is 25.0 Å². The van der Waals surface area contributed by atoms with E-state index < -0.39 is 11.3 Å². The van der Waals surface area contributed by atoms with Gasteiger partial charge in [-0.2, -0.15) is 5.10 Å². The first-order valence-electron chi connectivity index (χ1n) is 13.5. The summed E-state index contributed by atoms with van der Waals surface area (Å²) in [6, 6.07) is 5.71. The number of piperidine rings is 1. The largest absolute Gasteiger partial charge is 0.343 e. The predicted octanol–water partition coefficient (Wildman–Crippen LogP) is 4.06. The summed E-state index contributed by atoms with van der Waals surface area (Å²) in [5.41, 5.74) is 2.95. The molecule has 6 rings (SSSR count). The lowest BCUT2D eigenvalue weighted by molar-refractivity contribution is -0.143. The van der Waals surface area contributed by atoms with Crippen molar-refractivity contribution in [3.63, 3.8) is 0 Å². The minimum Gasteiger partial charge on any atom is -0.343 e. The van der Waals surface area contributed by atoms with Crippen molar-refractivity contribution in [2.45, 2.75) is 58.4 Å². The van der Waals surface area contributed by atoms with Crippen molar-refractivity contribution in [3.8, 4) is 0 Å². The van der Waals surface area contributed by atoms with E-state index in [2.05, 4.69) is 41.3 Å². The predicted molar refractivity (Wildman–Crippen MR) is 148 cm³/mol. The molecule has 0 aliphatic carbocycles. The van der Waals surface area contributed by atoms with E-state index in [-0.39, 0.29) is 29.6 Å². The van der Waals surface area contributed by atoms with Crippen molar-refractivity contribution in [1.82, 2.24) is 25.0 Å². The highest BCUT2D eigenvalue weighted by Crippen LogP contribution is 2.44. The quantitative estimate of drug-likeness (QED) is 0.513. The van der Waals surface area contributed by atoms with Gasteiger partial charge in [0.25, 0.3) is 0 Å². The van der Waals surface area contributed by atoms with Crippen molar-refractivity contribution >= 4 is 46.0 Å². The van der Waals surface area contributed by atoms with Gasteiger partial charge in [0, 0.05) is 49.7 Å². The van der Waals surface area contributed by atoms with Gasteiger partial charge in [-0.15, -0.1) is 0 Å². The monoisotopic (exact) mass is 548 g/mol. The number of hydrogen-bond donors (Lipinski definition) is 2. The zero-order chi connectivity index (χ0) is 27.5. The summed E-state index contributed by atoms with van der Waals surface area (Å²) in [5, 5.41) is 11.6. The summed E-state index contributed by atoms with van der Waals surface area (Å²) < 4.78 is 0. The normalized spacial score (nSPS) is 20.7. The van der Waals surface area contributed by atoms with E-state index >= 15 is 0 Å². The number of H-pyrrole nitrogens is 1. The summed E-state index contributed by atoms with van der Waals surface area (Å²) >= 11 is 6.57. The molecule has 2 aromatic heterocycles. The Morgan fingerprint density at radius 3 is 2.74 bits per heavy atom. The van der Waals surface area contributed by atoms with Gasteiger partial charge in [0.2, 0.25) is 17.7 Å². The number of rotatable bonds is 3. The van der Waals surface area contributed by atoms with Gasteiger partial charge in [0.05, 0.1) is 28.1 Å². The van der Waals surface area contributed by atoms with Crippen LogP contribution in [-0.4, -0.2) is 62.3 Å². The second-order valence-corrected chi connectivity index (χ2v) is 12.7. The topological polar surface area (TPSA) is 111 Å². The number of nitrogens with zero attached hydrogens (tertiary/aromatic N) is 4. The molecule has 0 radical (unpaired) electrons. The fraction of sp³-hybridized carbons (Fsp3) is 0.483. The summed E-state index contributed by atoms with van der Waals surface area (Å²) in [5.74, 6) is 0.0269. The van der Waals surface area contributed by atoms with E-state index in [1.165, 1.54) is 0 Å². The lowest BCUT2D eigenvalue weighted by Crippen LogP contribution is -2.49. The van der Waals surface area contributed by atoms with Crippen LogP contribution in [0, 0.1) is 11.3 Å². The SMILES string of the molecule is CC(C)(C)CN1Cc2c(cc(Cl)c3[nH]ncc23)C[C@@H](CC(=O)N2CCC3(CC2)C(=O)Nc2ncccc23)C1=O. The molecule has 0 saturated carbocycles. The van der Waals surface area contributed by atoms with E-state index in [9.17, 15) is 14.4 Å². The molecule has 3 aliphatic rings. The van der Waals surface area contributed by atoms with Crippen LogP contribution in [0.15, 0.2) is 30.6 Å². The molecule has 3 aromatic rings. The Kier molecular flexibility index (Phi) is 6.17. The second-order valence-electron chi connectivity index (χ2n) is 12.3. The molecule has 3 aliphatic heterocycles. The Balaban J connectivity index is 1.23. The molecular weight excluding hydrogens is 516 g/mol. The van der Waals surface area contributed by atoms with E-state index in [1.54, 1.807) is 12.4 Å². The number of amides is 3. The number of benzene rings is 1. The molecular formula is C29H33ClN6O3. The van der Waals surface area contributed by atoms with Gasteiger partial charge in [0.15, 0.2) is 0 Å². The van der Waals surface area contributed by atoms with Crippen LogP contribution < -0.4 is 5.32 Å². The number of nitrogens with one attached hydrogen (secondary N) is 2. The number of carbonyl (C=O) groups excluding carboxylic acids is 3. The fourth-order valence-electron chi connectivity index (χ4n) is 6.51. The number of halogens is 1. The van der Waals surface area contributed by atoms with Crippen molar-refractivity contribution < 1.29 is 14.4 Å². The van der Waals surface area contributed by atoms with E-state index in [4.69, 9.17) is 11.6 Å². The van der Waals surface area contributed by atoms with E-state index in [0.717, 1.165) is 27.6 Å². The Morgan fingerprint density at radius 1 is 1.23 bits per heavy atom. The average Bonchev–Trinajstić information content (AvgIpc) is 3.45. The first-order chi connectivity index (χ1) is 18.6. The maximum absolute atomic E-state index is 13.9. The number of aromatic nitrogens is 3. The summed E-state index contributed by atoms with van der Waals surface area (Å²) in [7, 11) is 0. The van der Waals surface area contributed by atoms with Crippen molar-refractivity contribution in [3.05, 3.63) is 52.3 Å². The number of fused-ring (bicyclic) bond motifs is 5. The Bertz CT molecular complexity index is 1480. The third kappa shape index (κ3) is 4.46. The average molecular weight is 549 g/mol. The van der Waals surface area contributed by atoms with Crippen LogP contribution in [0.25, 0.3) is 10.9 Å². The van der Waals surface area contributed by atoms with Gasteiger partial charge in [-0.05, 0) is 47.9 Å². The van der Waals surface area contributed by atoms with Crippen LogP contribution >= 0.6 is 11.6 Å². The third-order valence-electron chi connectivity index (χ3n) is 8.41. The van der Waals surface area contributed by atoms with Gasteiger partial charge in [-0.3, -0.25) is 19.5 Å². The maximum atomic E-state index is 13.9. The molecule has 204 valence electrons. The number of hydrogen-bond acceptors (Lipinski definition) is 5. The lowest BCUT2D eigenvalue weighted by atomic mass is 9.74. The minimum atomic E-state index is -0.645. The molecule has 0 unspecified atom stereocenters. The standard InChI is InChI=1S/C29H33ClN6O3/c1-28(2,3)16-36-15-20-17(12-22(30)24-19(20)14-32-34-24)11-18(26(36)38)13-23(37)35-9-6-29(7-10-35)21-5-4-8-31-25(21)33-27(29)39/h4-5,8,12,14,18H,6-7,9-11,13,15-16H2,1-3H3,(H,32,34)(H,31,33,39)/t18-/m0/s1. The molecule has 10 heteroatoms. The molecule has 1 spiro atoms. The van der Waals surface area contributed by atoms with Crippen LogP contribution in [0.3, 0.4) is 0 Å². The number of aromatic amines is 1. The Morgan fingerprint density at radius 2 is 2.00 bits per heavy atom. The molecule has 1 saturated heterocycles. The molecule has 1 aromatic carbocycles. The fourth-order valence-corrected chi connectivity index (χ4v) is 6.79. The second kappa shape index (κ2) is 9.33. The first-order valence-corrected chi connectivity index (χ1v) is 13.9. The zero-order valence-electron chi connectivity index (χ0n) is 22.5. The molecule has 3 amide bonds. The molecule has 1 atom stereocenters. The summed E-state index contributed by atoms with van der Waals surface area (Å²) in [4.78, 5) is 48.4. The number of likely N-dealkylation sites (tertiary alicyclic amines) is 1. The van der Waals surface area contributed by atoms with Gasteiger partial charge in [0.1, 0.15) is 5.82 Å². The first kappa shape index (κ1) is 25.8. The Hall–Kier alpha value is -3.46. The molecule has 9 nitrogen and oxygen atoms in total. The highest BCUT2D eigenvalue weighted by molar-refractivity contribution is 6.35. The summed E-state index contributed by atoms with van der Waals surface area (Å²) in [6.45, 7) is 8.29. The maximum Gasteiger partial charge on any atom is 0.236 e. The van der Waals surface area contributed by atoms with Crippen LogP contribution in [0.1, 0.15) is 56.7 Å². The molecule has 2 N–H and O–H groups in total. The van der Waals surface area contributed by atoms with Crippen LogP contribution in [0.2, 0.25) is 5.02 Å². The zero-order valence-corrected chi connectivity index (χ0v) is 23.3. The highest BCUT2D eigenvalue weighted by atomic mass is 35.5. The number of anilines is 1. The molecule has 0 bridgehead atoms. The van der Waals surface area contributed by atoms with Gasteiger partial charge in [-0.25, -0.2) is 4.98 Å². The van der Waals surface area contributed by atoms with Crippen molar-refractivity contribution in [1.29, 1.82) is 0 Å². The van der Waals surface area contributed by atoms with Crippen LogP contribution in [0.5, 0.6) is 0 Å². The van der Waals surface area contributed by atoms with Gasteiger partial charge in [-0.1, -0.05) is 38.4 Å². The number of carbonyl (C=O) groups is 3. The highest BCUT2D eigenvalue weighted by Gasteiger charge is 2.49. The van der Waals surface area contributed by atoms with Crippen LogP contribution in [-0.2, 0) is 32.8 Å². The van der Waals surface area contributed by atoms with Gasteiger partial charge < -0.3 is 15.1 Å². The third-order valence-corrected chi connectivity index (χ3v) is 8.71.